The summed E-state index contributed by atoms with van der Waals surface area (Å²) in [5.41, 5.74) is 4.41. The van der Waals surface area contributed by atoms with Crippen LogP contribution in [0.3, 0.4) is 0 Å². The lowest BCUT2D eigenvalue weighted by Crippen LogP contribution is -2.67. The molecule has 2 rings (SSSR count). The summed E-state index contributed by atoms with van der Waals surface area (Å²) in [7, 11) is 0. The molecule has 1 heterocycles. The van der Waals surface area contributed by atoms with Gasteiger partial charge in [-0.15, -0.1) is 0 Å². The van der Waals surface area contributed by atoms with E-state index in [9.17, 15) is 4.79 Å². The van der Waals surface area contributed by atoms with Crippen LogP contribution in [0.5, 0.6) is 0 Å². The lowest BCUT2D eigenvalue weighted by Gasteiger charge is -2.36. The molecule has 0 spiro atoms. The predicted octanol–water partition coefficient (Wildman–Crippen LogP) is 1.50. The van der Waals surface area contributed by atoms with Crippen molar-refractivity contribution in [1.29, 1.82) is 0 Å². The number of thioether (sulfide) groups is 1. The highest BCUT2D eigenvalue weighted by molar-refractivity contribution is 7.99. The van der Waals surface area contributed by atoms with Gasteiger partial charge in [0.25, 0.3) is 5.91 Å². The molecule has 1 aliphatic heterocycles. The molecule has 0 saturated carbocycles. The van der Waals surface area contributed by atoms with Gasteiger partial charge in [-0.05, 0) is 30.9 Å². The molecule has 0 aliphatic carbocycles. The zero-order chi connectivity index (χ0) is 13.9. The van der Waals surface area contributed by atoms with E-state index in [0.717, 1.165) is 5.56 Å². The van der Waals surface area contributed by atoms with E-state index < -0.39 is 5.12 Å². The number of halogens is 1. The maximum absolute atomic E-state index is 11.7. The Morgan fingerprint density at radius 2 is 2.11 bits per heavy atom. The Morgan fingerprint density at radius 3 is 2.68 bits per heavy atom. The molecule has 0 radical (unpaired) electrons. The summed E-state index contributed by atoms with van der Waals surface area (Å²) >= 11 is 7.27. The summed E-state index contributed by atoms with van der Waals surface area (Å²) in [6.07, 6.45) is 1.89. The lowest BCUT2D eigenvalue weighted by molar-refractivity contribution is -0.117. The van der Waals surface area contributed by atoms with E-state index in [-0.39, 0.29) is 5.91 Å². The first-order chi connectivity index (χ1) is 9.04. The molecule has 3 N–H and O–H groups in total. The van der Waals surface area contributed by atoms with Gasteiger partial charge >= 0.3 is 0 Å². The number of carbonyl (C=O) groups excluding carboxylic acids is 1. The highest BCUT2D eigenvalue weighted by Gasteiger charge is 2.34. The highest BCUT2D eigenvalue weighted by atomic mass is 35.5. The van der Waals surface area contributed by atoms with E-state index in [1.54, 1.807) is 6.92 Å². The van der Waals surface area contributed by atoms with Crippen molar-refractivity contribution < 1.29 is 4.79 Å². The van der Waals surface area contributed by atoms with Gasteiger partial charge in [0.1, 0.15) is 5.71 Å². The average Bonchev–Trinajstić information content (AvgIpc) is 2.42. The van der Waals surface area contributed by atoms with Crippen molar-refractivity contribution >= 4 is 35.0 Å². The second-order valence-corrected chi connectivity index (χ2v) is 5.59. The van der Waals surface area contributed by atoms with Crippen LogP contribution in [0, 0.1) is 0 Å². The minimum Gasteiger partial charge on any atom is -0.306 e. The van der Waals surface area contributed by atoms with E-state index in [4.69, 9.17) is 11.6 Å². The molecular formula is C12H15ClN4OS. The van der Waals surface area contributed by atoms with E-state index >= 15 is 0 Å². The Hall–Kier alpha value is -1.24. The molecule has 0 aromatic heterocycles. The van der Waals surface area contributed by atoms with Crippen molar-refractivity contribution in [3.8, 4) is 0 Å². The van der Waals surface area contributed by atoms with E-state index in [0.29, 0.717) is 17.3 Å². The maximum atomic E-state index is 11.7. The first kappa shape index (κ1) is 14.2. The Kier molecular flexibility index (Phi) is 4.34. The van der Waals surface area contributed by atoms with E-state index in [2.05, 4.69) is 21.2 Å². The molecule has 1 aromatic carbocycles. The van der Waals surface area contributed by atoms with Crippen LogP contribution in [0.25, 0.3) is 0 Å². The summed E-state index contributed by atoms with van der Waals surface area (Å²) in [6, 6.07) is 7.53. The number of hydrogen-bond donors (Lipinski definition) is 3. The number of carbonyl (C=O) groups is 1. The van der Waals surface area contributed by atoms with Crippen LogP contribution in [-0.4, -0.2) is 23.0 Å². The first-order valence-corrected chi connectivity index (χ1v) is 7.33. The normalized spacial score (nSPS) is 22.5. The van der Waals surface area contributed by atoms with Gasteiger partial charge in [0.05, 0.1) is 0 Å². The van der Waals surface area contributed by atoms with E-state index in [1.807, 2.05) is 30.5 Å². The van der Waals surface area contributed by atoms with Gasteiger partial charge in [-0.3, -0.25) is 15.5 Å². The maximum Gasteiger partial charge on any atom is 0.270 e. The zero-order valence-corrected chi connectivity index (χ0v) is 12.2. The van der Waals surface area contributed by atoms with Crippen molar-refractivity contribution in [2.75, 3.05) is 6.26 Å². The number of nitrogens with one attached hydrogen (secondary N) is 3. The summed E-state index contributed by atoms with van der Waals surface area (Å²) < 4.78 is 0. The molecule has 1 atom stereocenters. The third-order valence-electron chi connectivity index (χ3n) is 2.76. The molecule has 0 bridgehead atoms. The summed E-state index contributed by atoms with van der Waals surface area (Å²) in [4.78, 5) is 11.7. The zero-order valence-electron chi connectivity index (χ0n) is 10.7. The van der Waals surface area contributed by atoms with Crippen molar-refractivity contribution in [3.05, 3.63) is 34.9 Å². The molecule has 1 aliphatic rings. The molecule has 102 valence electrons. The second kappa shape index (κ2) is 5.81. The Morgan fingerprint density at radius 1 is 1.42 bits per heavy atom. The third kappa shape index (κ3) is 3.40. The van der Waals surface area contributed by atoms with Gasteiger partial charge in [-0.2, -0.15) is 5.10 Å². The largest absolute Gasteiger partial charge is 0.306 e. The fourth-order valence-electron chi connectivity index (χ4n) is 1.57. The van der Waals surface area contributed by atoms with Crippen molar-refractivity contribution in [2.45, 2.75) is 18.6 Å². The summed E-state index contributed by atoms with van der Waals surface area (Å²) in [5.74, 6) is -0.184. The number of benzene rings is 1. The van der Waals surface area contributed by atoms with Gasteiger partial charge in [-0.1, -0.05) is 35.5 Å². The topological polar surface area (TPSA) is 65.5 Å². The van der Waals surface area contributed by atoms with Crippen molar-refractivity contribution in [3.63, 3.8) is 0 Å². The monoisotopic (exact) mass is 298 g/mol. The fraction of sp³-hybridized carbons (Fsp3) is 0.333. The van der Waals surface area contributed by atoms with Gasteiger partial charge in [0, 0.05) is 11.6 Å². The molecule has 7 heteroatoms. The van der Waals surface area contributed by atoms with Crippen LogP contribution < -0.4 is 16.1 Å². The Balaban J connectivity index is 2.04. The highest BCUT2D eigenvalue weighted by Crippen LogP contribution is 2.17. The van der Waals surface area contributed by atoms with Gasteiger partial charge in [-0.25, -0.2) is 0 Å². The number of hydrogen-bond acceptors (Lipinski definition) is 5. The number of rotatable bonds is 4. The quantitative estimate of drug-likeness (QED) is 0.737. The molecule has 1 unspecified atom stereocenters. The van der Waals surface area contributed by atoms with Crippen LogP contribution >= 0.6 is 23.4 Å². The number of amides is 1. The third-order valence-corrected chi connectivity index (χ3v) is 3.96. The summed E-state index contributed by atoms with van der Waals surface area (Å²) in [6.45, 7) is 2.24. The lowest BCUT2D eigenvalue weighted by atomic mass is 10.2. The van der Waals surface area contributed by atoms with Crippen LogP contribution in [0.2, 0.25) is 5.02 Å². The standard InChI is InChI=1S/C12H15ClN4OS/c1-8-11(18)15-12(19-2,17-16-8)14-7-9-3-5-10(13)6-4-9/h3-6,14,17H,7H2,1-2H3,(H,15,18). The second-order valence-electron chi connectivity index (χ2n) is 4.13. The summed E-state index contributed by atoms with van der Waals surface area (Å²) in [5, 5.41) is 10.0. The first-order valence-electron chi connectivity index (χ1n) is 5.73. The average molecular weight is 299 g/mol. The van der Waals surface area contributed by atoms with Crippen LogP contribution in [0.4, 0.5) is 0 Å². The molecule has 5 nitrogen and oxygen atoms in total. The SMILES string of the molecule is CSC1(NCc2ccc(Cl)cc2)NN=C(C)C(=O)N1. The van der Waals surface area contributed by atoms with Crippen molar-refractivity contribution in [2.24, 2.45) is 5.10 Å². The molecule has 1 aromatic rings. The van der Waals surface area contributed by atoms with Crippen molar-refractivity contribution in [1.82, 2.24) is 16.1 Å². The predicted molar refractivity (Wildman–Crippen MR) is 78.9 cm³/mol. The van der Waals surface area contributed by atoms with Gasteiger partial charge < -0.3 is 5.32 Å². The molecular weight excluding hydrogens is 284 g/mol. The van der Waals surface area contributed by atoms with Gasteiger partial charge in [0.15, 0.2) is 0 Å². The number of nitrogens with zero attached hydrogens (tertiary/aromatic N) is 1. The van der Waals surface area contributed by atoms with Crippen LogP contribution in [0.15, 0.2) is 29.4 Å². The Bertz CT molecular complexity index is 505. The van der Waals surface area contributed by atoms with Crippen LogP contribution in [0.1, 0.15) is 12.5 Å². The van der Waals surface area contributed by atoms with Crippen LogP contribution in [-0.2, 0) is 11.3 Å². The molecule has 19 heavy (non-hydrogen) atoms. The van der Waals surface area contributed by atoms with E-state index in [1.165, 1.54) is 11.8 Å². The number of hydrazone groups is 1. The minimum absolute atomic E-state index is 0.184. The Labute approximate surface area is 121 Å². The molecule has 1 amide bonds. The molecule has 0 fully saturated rings. The minimum atomic E-state index is -0.782. The molecule has 0 saturated heterocycles. The fourth-order valence-corrected chi connectivity index (χ4v) is 2.25. The smallest absolute Gasteiger partial charge is 0.270 e. The van der Waals surface area contributed by atoms with Gasteiger partial charge in [0.2, 0.25) is 5.12 Å².